The van der Waals surface area contributed by atoms with Gasteiger partial charge in [-0.05, 0) is 24.1 Å². The third-order valence-electron chi connectivity index (χ3n) is 3.97. The summed E-state index contributed by atoms with van der Waals surface area (Å²) in [5.74, 6) is 0.772. The number of hydrogen-bond donors (Lipinski definition) is 1. The molecule has 1 saturated heterocycles. The molecule has 0 aliphatic carbocycles. The van der Waals surface area contributed by atoms with Gasteiger partial charge < -0.3 is 14.7 Å². The van der Waals surface area contributed by atoms with E-state index in [1.165, 1.54) is 5.56 Å². The zero-order valence-electron chi connectivity index (χ0n) is 13.3. The van der Waals surface area contributed by atoms with Crippen LogP contribution in [0.3, 0.4) is 0 Å². The van der Waals surface area contributed by atoms with Crippen LogP contribution in [0, 0.1) is 0 Å². The SMILES string of the molecule is CCCc1ccc(OCC(=O)N2CCN(CCO)CC2)cc1. The molecule has 1 aliphatic heterocycles. The van der Waals surface area contributed by atoms with Gasteiger partial charge in [0.15, 0.2) is 6.61 Å². The number of benzene rings is 1. The monoisotopic (exact) mass is 306 g/mol. The second-order valence-corrected chi connectivity index (χ2v) is 5.63. The molecule has 1 aromatic rings. The van der Waals surface area contributed by atoms with E-state index < -0.39 is 0 Å². The van der Waals surface area contributed by atoms with Crippen LogP contribution in [-0.2, 0) is 11.2 Å². The molecule has 0 unspecified atom stereocenters. The summed E-state index contributed by atoms with van der Waals surface area (Å²) in [6.07, 6.45) is 2.19. The quantitative estimate of drug-likeness (QED) is 0.821. The van der Waals surface area contributed by atoms with Gasteiger partial charge in [-0.15, -0.1) is 0 Å². The number of ether oxygens (including phenoxy) is 1. The van der Waals surface area contributed by atoms with Crippen molar-refractivity contribution in [2.75, 3.05) is 45.9 Å². The van der Waals surface area contributed by atoms with E-state index in [-0.39, 0.29) is 19.1 Å². The molecule has 5 heteroatoms. The molecule has 2 rings (SSSR count). The smallest absolute Gasteiger partial charge is 0.260 e. The number of amides is 1. The minimum atomic E-state index is 0.0290. The van der Waals surface area contributed by atoms with Crippen LogP contribution < -0.4 is 4.74 Å². The van der Waals surface area contributed by atoms with E-state index >= 15 is 0 Å². The van der Waals surface area contributed by atoms with Crippen LogP contribution in [0.15, 0.2) is 24.3 Å². The lowest BCUT2D eigenvalue weighted by molar-refractivity contribution is -0.135. The molecule has 0 bridgehead atoms. The molecule has 5 nitrogen and oxygen atoms in total. The Labute approximate surface area is 132 Å². The van der Waals surface area contributed by atoms with Crippen molar-refractivity contribution in [2.45, 2.75) is 19.8 Å². The van der Waals surface area contributed by atoms with Crippen molar-refractivity contribution in [2.24, 2.45) is 0 Å². The van der Waals surface area contributed by atoms with Crippen molar-refractivity contribution < 1.29 is 14.6 Å². The largest absolute Gasteiger partial charge is 0.484 e. The second-order valence-electron chi connectivity index (χ2n) is 5.63. The molecule has 1 heterocycles. The Morgan fingerprint density at radius 2 is 1.86 bits per heavy atom. The topological polar surface area (TPSA) is 53.0 Å². The number of nitrogens with zero attached hydrogens (tertiary/aromatic N) is 2. The van der Waals surface area contributed by atoms with E-state index in [1.54, 1.807) is 0 Å². The fraction of sp³-hybridized carbons (Fsp3) is 0.588. The zero-order valence-corrected chi connectivity index (χ0v) is 13.3. The Kier molecular flexibility index (Phi) is 6.68. The summed E-state index contributed by atoms with van der Waals surface area (Å²) in [6.45, 7) is 6.15. The van der Waals surface area contributed by atoms with E-state index in [1.807, 2.05) is 17.0 Å². The number of β-amino-alcohol motifs (C(OH)–C–C–N with tert-alkyl or cyclic N) is 1. The highest BCUT2D eigenvalue weighted by Gasteiger charge is 2.20. The zero-order chi connectivity index (χ0) is 15.8. The Morgan fingerprint density at radius 3 is 2.45 bits per heavy atom. The molecule has 0 spiro atoms. The molecule has 0 atom stereocenters. The van der Waals surface area contributed by atoms with E-state index in [2.05, 4.69) is 24.0 Å². The highest BCUT2D eigenvalue weighted by molar-refractivity contribution is 5.77. The van der Waals surface area contributed by atoms with Gasteiger partial charge in [0, 0.05) is 32.7 Å². The van der Waals surface area contributed by atoms with Crippen LogP contribution in [0.5, 0.6) is 5.75 Å². The molecule has 1 aromatic carbocycles. The lowest BCUT2D eigenvalue weighted by Crippen LogP contribution is -2.50. The first-order valence-corrected chi connectivity index (χ1v) is 8.05. The highest BCUT2D eigenvalue weighted by Crippen LogP contribution is 2.13. The number of aliphatic hydroxyl groups excluding tert-OH is 1. The molecule has 122 valence electrons. The van der Waals surface area contributed by atoms with Gasteiger partial charge in [-0.1, -0.05) is 25.5 Å². The third kappa shape index (κ3) is 5.00. The van der Waals surface area contributed by atoms with Crippen LogP contribution in [-0.4, -0.2) is 66.8 Å². The molecular formula is C17H26N2O3. The summed E-state index contributed by atoms with van der Waals surface area (Å²) in [5.41, 5.74) is 1.29. The third-order valence-corrected chi connectivity index (χ3v) is 3.97. The van der Waals surface area contributed by atoms with Gasteiger partial charge in [-0.2, -0.15) is 0 Å². The number of hydrogen-bond acceptors (Lipinski definition) is 4. The van der Waals surface area contributed by atoms with Gasteiger partial charge in [0.05, 0.1) is 6.61 Å². The average molecular weight is 306 g/mol. The van der Waals surface area contributed by atoms with Crippen LogP contribution in [0.4, 0.5) is 0 Å². The van der Waals surface area contributed by atoms with Gasteiger partial charge in [-0.25, -0.2) is 0 Å². The van der Waals surface area contributed by atoms with Crippen molar-refractivity contribution >= 4 is 5.91 Å². The first kappa shape index (κ1) is 16.8. The predicted octanol–water partition coefficient (Wildman–Crippen LogP) is 1.15. The van der Waals surface area contributed by atoms with Crippen LogP contribution >= 0.6 is 0 Å². The minimum absolute atomic E-state index is 0.0290. The number of piperazine rings is 1. The number of carbonyl (C=O) groups excluding carboxylic acids is 1. The molecule has 0 aromatic heterocycles. The van der Waals surface area contributed by atoms with E-state index in [0.29, 0.717) is 19.6 Å². The number of rotatable bonds is 7. The molecular weight excluding hydrogens is 280 g/mol. The molecule has 1 fully saturated rings. The lowest BCUT2D eigenvalue weighted by atomic mass is 10.1. The van der Waals surface area contributed by atoms with Gasteiger partial charge in [0.1, 0.15) is 5.75 Å². The van der Waals surface area contributed by atoms with Gasteiger partial charge in [0.2, 0.25) is 0 Å². The van der Waals surface area contributed by atoms with Crippen molar-refractivity contribution in [3.63, 3.8) is 0 Å². The summed E-state index contributed by atoms with van der Waals surface area (Å²) >= 11 is 0. The van der Waals surface area contributed by atoms with Crippen molar-refractivity contribution in [3.8, 4) is 5.75 Å². The minimum Gasteiger partial charge on any atom is -0.484 e. The lowest BCUT2D eigenvalue weighted by Gasteiger charge is -2.34. The molecule has 0 saturated carbocycles. The normalized spacial score (nSPS) is 15.8. The summed E-state index contributed by atoms with van der Waals surface area (Å²) in [5, 5.41) is 8.91. The summed E-state index contributed by atoms with van der Waals surface area (Å²) in [4.78, 5) is 16.1. The van der Waals surface area contributed by atoms with Crippen molar-refractivity contribution in [3.05, 3.63) is 29.8 Å². The van der Waals surface area contributed by atoms with E-state index in [4.69, 9.17) is 9.84 Å². The maximum Gasteiger partial charge on any atom is 0.260 e. The van der Waals surface area contributed by atoms with E-state index in [0.717, 1.165) is 31.7 Å². The van der Waals surface area contributed by atoms with Gasteiger partial charge in [-0.3, -0.25) is 9.69 Å². The van der Waals surface area contributed by atoms with Crippen LogP contribution in [0.2, 0.25) is 0 Å². The summed E-state index contributed by atoms with van der Waals surface area (Å²) < 4.78 is 5.58. The average Bonchev–Trinajstić information content (AvgIpc) is 2.55. The number of aryl methyl sites for hydroxylation is 1. The molecule has 1 amide bonds. The molecule has 1 N–H and O–H groups in total. The fourth-order valence-electron chi connectivity index (χ4n) is 2.64. The first-order chi connectivity index (χ1) is 10.7. The number of carbonyl (C=O) groups is 1. The molecule has 1 aliphatic rings. The Morgan fingerprint density at radius 1 is 1.18 bits per heavy atom. The van der Waals surface area contributed by atoms with Crippen LogP contribution in [0.1, 0.15) is 18.9 Å². The highest BCUT2D eigenvalue weighted by atomic mass is 16.5. The predicted molar refractivity (Wildman–Crippen MR) is 86.0 cm³/mol. The number of aliphatic hydroxyl groups is 1. The standard InChI is InChI=1S/C17H26N2O3/c1-2-3-15-4-6-16(7-5-15)22-14-17(21)19-10-8-18(9-11-19)12-13-20/h4-7,20H,2-3,8-14H2,1H3. The van der Waals surface area contributed by atoms with E-state index in [9.17, 15) is 4.79 Å². The Hall–Kier alpha value is -1.59. The van der Waals surface area contributed by atoms with Crippen molar-refractivity contribution in [1.82, 2.24) is 9.80 Å². The molecule has 22 heavy (non-hydrogen) atoms. The second kappa shape index (κ2) is 8.76. The van der Waals surface area contributed by atoms with Crippen molar-refractivity contribution in [1.29, 1.82) is 0 Å². The maximum absolute atomic E-state index is 12.1. The molecule has 0 radical (unpaired) electrons. The fourth-order valence-corrected chi connectivity index (χ4v) is 2.64. The van der Waals surface area contributed by atoms with Crippen LogP contribution in [0.25, 0.3) is 0 Å². The Balaban J connectivity index is 1.73. The Bertz CT molecular complexity index is 453. The summed E-state index contributed by atoms with van der Waals surface area (Å²) in [6, 6.07) is 7.96. The first-order valence-electron chi connectivity index (χ1n) is 8.05. The van der Waals surface area contributed by atoms with Gasteiger partial charge >= 0.3 is 0 Å². The maximum atomic E-state index is 12.1. The van der Waals surface area contributed by atoms with Gasteiger partial charge in [0.25, 0.3) is 5.91 Å². The summed E-state index contributed by atoms with van der Waals surface area (Å²) in [7, 11) is 0.